The van der Waals surface area contributed by atoms with E-state index in [4.69, 9.17) is 20.8 Å². The molecule has 0 N–H and O–H groups in total. The van der Waals surface area contributed by atoms with Crippen molar-refractivity contribution in [3.8, 4) is 5.75 Å². The standard InChI is InChI=1S/C14H13ClO3/c1-9(2)18-11-5-3-4-10(8-11)13(16)12-6-7-17-14(12)15/h3-9H,1-2H3. The van der Waals surface area contributed by atoms with Crippen LogP contribution in [0.4, 0.5) is 0 Å². The average Bonchev–Trinajstić information content (AvgIpc) is 2.74. The smallest absolute Gasteiger partial charge is 0.204 e. The Labute approximate surface area is 110 Å². The monoisotopic (exact) mass is 264 g/mol. The number of hydrogen-bond acceptors (Lipinski definition) is 3. The quantitative estimate of drug-likeness (QED) is 0.785. The highest BCUT2D eigenvalue weighted by molar-refractivity contribution is 6.33. The Hall–Kier alpha value is -1.74. The van der Waals surface area contributed by atoms with Crippen LogP contribution in [-0.4, -0.2) is 11.9 Å². The van der Waals surface area contributed by atoms with Crippen LogP contribution >= 0.6 is 11.6 Å². The van der Waals surface area contributed by atoms with Crippen molar-refractivity contribution in [1.82, 2.24) is 0 Å². The van der Waals surface area contributed by atoms with Gasteiger partial charge in [-0.15, -0.1) is 0 Å². The third-order valence-corrected chi connectivity index (χ3v) is 2.62. The van der Waals surface area contributed by atoms with Gasteiger partial charge in [-0.25, -0.2) is 0 Å². The first-order chi connectivity index (χ1) is 8.58. The Morgan fingerprint density at radius 2 is 2.11 bits per heavy atom. The SMILES string of the molecule is CC(C)Oc1cccc(C(=O)c2ccoc2Cl)c1. The molecule has 0 fully saturated rings. The lowest BCUT2D eigenvalue weighted by Crippen LogP contribution is -2.07. The van der Waals surface area contributed by atoms with E-state index in [2.05, 4.69) is 0 Å². The van der Waals surface area contributed by atoms with Crippen molar-refractivity contribution in [2.75, 3.05) is 0 Å². The van der Waals surface area contributed by atoms with Gasteiger partial charge in [-0.05, 0) is 43.6 Å². The van der Waals surface area contributed by atoms with E-state index in [9.17, 15) is 4.79 Å². The second-order valence-corrected chi connectivity index (χ2v) is 4.47. The van der Waals surface area contributed by atoms with Crippen LogP contribution in [0.2, 0.25) is 5.22 Å². The summed E-state index contributed by atoms with van der Waals surface area (Å²) in [6, 6.07) is 8.57. The molecule has 0 aliphatic carbocycles. The Morgan fingerprint density at radius 1 is 1.33 bits per heavy atom. The predicted octanol–water partition coefficient (Wildman–Crippen LogP) is 3.95. The van der Waals surface area contributed by atoms with Crippen molar-refractivity contribution in [1.29, 1.82) is 0 Å². The van der Waals surface area contributed by atoms with E-state index < -0.39 is 0 Å². The summed E-state index contributed by atoms with van der Waals surface area (Å²) in [6.45, 7) is 3.86. The fourth-order valence-corrected chi connectivity index (χ4v) is 1.79. The number of furan rings is 1. The third kappa shape index (κ3) is 2.74. The van der Waals surface area contributed by atoms with Crippen LogP contribution in [0.1, 0.15) is 29.8 Å². The lowest BCUT2D eigenvalue weighted by Gasteiger charge is -2.10. The van der Waals surface area contributed by atoms with Gasteiger partial charge in [0.05, 0.1) is 17.9 Å². The van der Waals surface area contributed by atoms with Gasteiger partial charge in [0.25, 0.3) is 0 Å². The fourth-order valence-electron chi connectivity index (χ4n) is 1.59. The first-order valence-electron chi connectivity index (χ1n) is 5.62. The molecular weight excluding hydrogens is 252 g/mol. The minimum atomic E-state index is -0.178. The second-order valence-electron chi connectivity index (χ2n) is 4.13. The van der Waals surface area contributed by atoms with E-state index in [0.717, 1.165) is 0 Å². The molecule has 2 rings (SSSR count). The molecule has 0 atom stereocenters. The Morgan fingerprint density at radius 3 is 2.72 bits per heavy atom. The number of carbonyl (C=O) groups is 1. The van der Waals surface area contributed by atoms with Gasteiger partial charge in [0.15, 0.2) is 5.78 Å². The number of halogens is 1. The maximum atomic E-state index is 12.2. The molecule has 0 amide bonds. The summed E-state index contributed by atoms with van der Waals surface area (Å²) in [5.41, 5.74) is 0.884. The van der Waals surface area contributed by atoms with Crippen LogP contribution in [-0.2, 0) is 0 Å². The molecule has 3 nitrogen and oxygen atoms in total. The minimum Gasteiger partial charge on any atom is -0.491 e. The Kier molecular flexibility index (Phi) is 3.72. The molecule has 18 heavy (non-hydrogen) atoms. The highest BCUT2D eigenvalue weighted by atomic mass is 35.5. The molecule has 2 aromatic rings. The maximum Gasteiger partial charge on any atom is 0.204 e. The summed E-state index contributed by atoms with van der Waals surface area (Å²) >= 11 is 5.79. The first kappa shape index (κ1) is 12.7. The van der Waals surface area contributed by atoms with E-state index in [1.165, 1.54) is 6.26 Å². The Bertz CT molecular complexity index is 558. The van der Waals surface area contributed by atoms with Gasteiger partial charge in [0.1, 0.15) is 5.75 Å². The predicted molar refractivity (Wildman–Crippen MR) is 69.4 cm³/mol. The molecule has 0 aliphatic rings. The summed E-state index contributed by atoms with van der Waals surface area (Å²) in [6.07, 6.45) is 1.46. The molecule has 0 bridgehead atoms. The second kappa shape index (κ2) is 5.27. The first-order valence-corrected chi connectivity index (χ1v) is 6.00. The van der Waals surface area contributed by atoms with Crippen LogP contribution in [0.5, 0.6) is 5.75 Å². The van der Waals surface area contributed by atoms with Gasteiger partial charge in [-0.2, -0.15) is 0 Å². The van der Waals surface area contributed by atoms with E-state index in [1.54, 1.807) is 24.3 Å². The average molecular weight is 265 g/mol. The summed E-state index contributed by atoms with van der Waals surface area (Å²) in [5, 5.41) is 0.107. The van der Waals surface area contributed by atoms with Crippen LogP contribution in [0.15, 0.2) is 41.0 Å². The largest absolute Gasteiger partial charge is 0.491 e. The van der Waals surface area contributed by atoms with Crippen molar-refractivity contribution >= 4 is 17.4 Å². The van der Waals surface area contributed by atoms with Crippen molar-refractivity contribution in [3.63, 3.8) is 0 Å². The molecule has 94 valence electrons. The summed E-state index contributed by atoms with van der Waals surface area (Å²) in [5.74, 6) is 0.485. The van der Waals surface area contributed by atoms with Gasteiger partial charge in [-0.3, -0.25) is 4.79 Å². The normalized spacial score (nSPS) is 10.7. The van der Waals surface area contributed by atoms with Crippen LogP contribution in [0.3, 0.4) is 0 Å². The van der Waals surface area contributed by atoms with E-state index >= 15 is 0 Å². The summed E-state index contributed by atoms with van der Waals surface area (Å²) in [4.78, 5) is 12.2. The van der Waals surface area contributed by atoms with Crippen LogP contribution in [0, 0.1) is 0 Å². The highest BCUT2D eigenvalue weighted by Crippen LogP contribution is 2.22. The van der Waals surface area contributed by atoms with Crippen LogP contribution < -0.4 is 4.74 Å². The topological polar surface area (TPSA) is 39.4 Å². The number of ether oxygens (including phenoxy) is 1. The molecule has 1 aromatic carbocycles. The molecule has 0 spiro atoms. The molecule has 0 saturated heterocycles. The van der Waals surface area contributed by atoms with E-state index in [0.29, 0.717) is 16.9 Å². The van der Waals surface area contributed by atoms with Crippen molar-refractivity contribution in [2.24, 2.45) is 0 Å². The van der Waals surface area contributed by atoms with Gasteiger partial charge in [-0.1, -0.05) is 12.1 Å². The molecule has 0 saturated carbocycles. The lowest BCUT2D eigenvalue weighted by atomic mass is 10.1. The van der Waals surface area contributed by atoms with E-state index in [-0.39, 0.29) is 17.1 Å². The highest BCUT2D eigenvalue weighted by Gasteiger charge is 2.15. The van der Waals surface area contributed by atoms with Gasteiger partial charge in [0.2, 0.25) is 5.22 Å². The fraction of sp³-hybridized carbons (Fsp3) is 0.214. The molecule has 1 aromatic heterocycles. The molecule has 1 heterocycles. The van der Waals surface area contributed by atoms with E-state index in [1.807, 2.05) is 19.9 Å². The lowest BCUT2D eigenvalue weighted by molar-refractivity contribution is 0.103. The molecule has 0 radical (unpaired) electrons. The number of rotatable bonds is 4. The van der Waals surface area contributed by atoms with Gasteiger partial charge in [0, 0.05) is 5.56 Å². The van der Waals surface area contributed by atoms with Gasteiger partial charge >= 0.3 is 0 Å². The van der Waals surface area contributed by atoms with Gasteiger partial charge < -0.3 is 9.15 Å². The third-order valence-electron chi connectivity index (χ3n) is 2.33. The molecular formula is C14H13ClO3. The number of ketones is 1. The summed E-state index contributed by atoms with van der Waals surface area (Å²) < 4.78 is 10.5. The van der Waals surface area contributed by atoms with Crippen molar-refractivity contribution < 1.29 is 13.9 Å². The minimum absolute atomic E-state index is 0.0628. The molecule has 0 aliphatic heterocycles. The zero-order valence-corrected chi connectivity index (χ0v) is 10.9. The van der Waals surface area contributed by atoms with Crippen LogP contribution in [0.25, 0.3) is 0 Å². The zero-order chi connectivity index (χ0) is 13.1. The molecule has 0 unspecified atom stereocenters. The Balaban J connectivity index is 2.29. The number of hydrogen-bond donors (Lipinski definition) is 0. The number of carbonyl (C=O) groups excluding carboxylic acids is 1. The van der Waals surface area contributed by atoms with Crippen molar-refractivity contribution in [2.45, 2.75) is 20.0 Å². The number of benzene rings is 1. The zero-order valence-electron chi connectivity index (χ0n) is 10.1. The van der Waals surface area contributed by atoms with Crippen molar-refractivity contribution in [3.05, 3.63) is 52.9 Å². The molecule has 4 heteroatoms. The summed E-state index contributed by atoms with van der Waals surface area (Å²) in [7, 11) is 0. The maximum absolute atomic E-state index is 12.2.